The van der Waals surface area contributed by atoms with Crippen LogP contribution in [0.2, 0.25) is 25.7 Å². The van der Waals surface area contributed by atoms with Crippen molar-refractivity contribution in [1.29, 1.82) is 0 Å². The van der Waals surface area contributed by atoms with E-state index in [0.717, 1.165) is 62.5 Å². The number of nitrogens with zero attached hydrogens (tertiary/aromatic N) is 3. The average molecular weight is 576 g/mol. The zero-order valence-corrected chi connectivity index (χ0v) is 24.0. The molecule has 0 saturated carbocycles. The number of hydrogen-bond donors (Lipinski definition) is 1. The molecule has 2 aromatic heterocycles. The lowest BCUT2D eigenvalue weighted by Crippen LogP contribution is -2.22. The lowest BCUT2D eigenvalue weighted by atomic mass is 9.91. The molecule has 1 fully saturated rings. The second kappa shape index (κ2) is 10.7. The number of halogens is 1. The molecular weight excluding hydrogens is 544 g/mol. The number of rotatable bonds is 8. The Morgan fingerprint density at radius 1 is 1.14 bits per heavy atom. The van der Waals surface area contributed by atoms with Gasteiger partial charge in [-0.3, -0.25) is 9.78 Å². The summed E-state index contributed by atoms with van der Waals surface area (Å²) in [4.78, 5) is 16.8. The summed E-state index contributed by atoms with van der Waals surface area (Å²) >= 11 is 3.59. The molecule has 0 spiro atoms. The van der Waals surface area contributed by atoms with Crippen LogP contribution in [-0.2, 0) is 16.3 Å². The molecule has 8 heteroatoms. The van der Waals surface area contributed by atoms with Gasteiger partial charge in [0.05, 0.1) is 11.2 Å². The Balaban J connectivity index is 1.47. The van der Waals surface area contributed by atoms with Crippen molar-refractivity contribution in [2.24, 2.45) is 5.92 Å². The normalized spacial score (nSPS) is 18.9. The van der Waals surface area contributed by atoms with Crippen LogP contribution in [0.5, 0.6) is 0 Å². The summed E-state index contributed by atoms with van der Waals surface area (Å²) in [5, 5.41) is 8.94. The third kappa shape index (κ3) is 6.09. The number of ether oxygens (including phenoxy) is 1. The van der Waals surface area contributed by atoms with Crippen LogP contribution >= 0.6 is 15.9 Å². The first-order valence-corrected chi connectivity index (χ1v) is 17.0. The minimum atomic E-state index is -1.18. The molecule has 1 amide bonds. The van der Waals surface area contributed by atoms with Crippen molar-refractivity contribution in [3.8, 4) is 0 Å². The Kier molecular flexibility index (Phi) is 7.42. The minimum Gasteiger partial charge on any atom is -0.360 e. The summed E-state index contributed by atoms with van der Waals surface area (Å²) < 4.78 is 9.08. The van der Waals surface area contributed by atoms with Gasteiger partial charge >= 0.3 is 0 Å². The first kappa shape index (κ1) is 25.6. The average Bonchev–Trinajstić information content (AvgIpc) is 3.37. The highest BCUT2D eigenvalue weighted by Gasteiger charge is 2.34. The largest absolute Gasteiger partial charge is 0.360 e. The first-order valence-electron chi connectivity index (χ1n) is 12.5. The second-order valence-corrected chi connectivity index (χ2v) is 17.3. The molecule has 37 heavy (non-hydrogen) atoms. The van der Waals surface area contributed by atoms with E-state index >= 15 is 0 Å². The van der Waals surface area contributed by atoms with Gasteiger partial charge in [-0.05, 0) is 70.6 Å². The predicted molar refractivity (Wildman–Crippen MR) is 156 cm³/mol. The smallest absolute Gasteiger partial charge is 0.252 e. The third-order valence-corrected chi connectivity index (χ3v) is 8.88. The topological polar surface area (TPSA) is 69.0 Å². The summed E-state index contributed by atoms with van der Waals surface area (Å²) in [6.45, 7) is 8.16. The molecule has 1 aliphatic carbocycles. The van der Waals surface area contributed by atoms with E-state index in [-0.39, 0.29) is 11.8 Å². The highest BCUT2D eigenvalue weighted by Crippen LogP contribution is 2.37. The van der Waals surface area contributed by atoms with Crippen molar-refractivity contribution in [2.45, 2.75) is 38.8 Å². The van der Waals surface area contributed by atoms with Crippen LogP contribution in [-0.4, -0.2) is 35.4 Å². The van der Waals surface area contributed by atoms with Crippen LogP contribution < -0.4 is 5.32 Å². The van der Waals surface area contributed by atoms with E-state index in [1.165, 1.54) is 0 Å². The molecule has 3 heterocycles. The van der Waals surface area contributed by atoms with Gasteiger partial charge in [0.1, 0.15) is 6.73 Å². The molecule has 5 rings (SSSR count). The van der Waals surface area contributed by atoms with E-state index in [0.29, 0.717) is 6.73 Å². The van der Waals surface area contributed by atoms with Crippen molar-refractivity contribution in [1.82, 2.24) is 20.1 Å². The first-order chi connectivity index (χ1) is 17.8. The molecule has 1 aliphatic heterocycles. The second-order valence-electron chi connectivity index (χ2n) is 10.7. The van der Waals surface area contributed by atoms with Crippen LogP contribution in [0, 0.1) is 5.92 Å². The fourth-order valence-electron chi connectivity index (χ4n) is 4.49. The van der Waals surface area contributed by atoms with Crippen LogP contribution in [0.4, 0.5) is 0 Å². The minimum absolute atomic E-state index is 0.0314. The number of carbonyl (C=O) groups is 1. The van der Waals surface area contributed by atoms with Crippen molar-refractivity contribution >= 4 is 59.0 Å². The molecule has 1 saturated heterocycles. The number of pyridine rings is 1. The van der Waals surface area contributed by atoms with Crippen LogP contribution in [0.25, 0.3) is 29.1 Å². The van der Waals surface area contributed by atoms with E-state index in [1.54, 1.807) is 12.4 Å². The number of allylic oxidation sites excluding steroid dienone is 4. The zero-order chi connectivity index (χ0) is 26.0. The molecule has 6 nitrogen and oxygen atoms in total. The molecule has 1 aromatic carbocycles. The van der Waals surface area contributed by atoms with E-state index in [2.05, 4.69) is 64.1 Å². The van der Waals surface area contributed by atoms with E-state index < -0.39 is 8.07 Å². The summed E-state index contributed by atoms with van der Waals surface area (Å²) in [7, 11) is -1.18. The number of fused-ring (bicyclic) bond motifs is 2. The number of aromatic nitrogens is 3. The number of benzene rings is 1. The monoisotopic (exact) mass is 574 g/mol. The van der Waals surface area contributed by atoms with Gasteiger partial charge in [0.25, 0.3) is 5.91 Å². The van der Waals surface area contributed by atoms with Crippen molar-refractivity contribution in [3.63, 3.8) is 0 Å². The quantitative estimate of drug-likeness (QED) is 0.187. The standard InChI is InChI=1S/C29H31BrN4O2Si/c1-37(2,3)15-14-36-19-34-28-17-21(16-25-24-18-22(30)6-9-26(24)32-29(25)35)4-7-23(28)27(33-34)8-5-20-10-12-31-13-11-20/h4-13,16-17,24H,14-15,18-19H2,1-3H3,(H,32,35)/b8-5+,25-16+. The van der Waals surface area contributed by atoms with Crippen molar-refractivity contribution in [2.75, 3.05) is 6.61 Å². The Labute approximate surface area is 227 Å². The molecule has 3 aromatic rings. The van der Waals surface area contributed by atoms with Crippen LogP contribution in [0.15, 0.2) is 70.6 Å². The van der Waals surface area contributed by atoms with Gasteiger partial charge in [-0.25, -0.2) is 4.68 Å². The Morgan fingerprint density at radius 3 is 2.73 bits per heavy atom. The maximum Gasteiger partial charge on any atom is 0.252 e. The maximum atomic E-state index is 12.8. The van der Waals surface area contributed by atoms with Crippen molar-refractivity contribution in [3.05, 3.63) is 87.5 Å². The summed E-state index contributed by atoms with van der Waals surface area (Å²) in [5.41, 5.74) is 5.64. The summed E-state index contributed by atoms with van der Waals surface area (Å²) in [6.07, 6.45) is 14.4. The lowest BCUT2D eigenvalue weighted by molar-refractivity contribution is -0.115. The fraction of sp³-hybridized carbons (Fsp3) is 0.276. The van der Waals surface area contributed by atoms with Gasteiger partial charge in [0.15, 0.2) is 0 Å². The molecule has 1 unspecified atom stereocenters. The van der Waals surface area contributed by atoms with Gasteiger partial charge < -0.3 is 10.1 Å². The van der Waals surface area contributed by atoms with Gasteiger partial charge in [-0.1, -0.05) is 53.8 Å². The van der Waals surface area contributed by atoms with Gasteiger partial charge in [0.2, 0.25) is 0 Å². The summed E-state index contributed by atoms with van der Waals surface area (Å²) in [5.74, 6) is 0.0207. The van der Waals surface area contributed by atoms with E-state index in [4.69, 9.17) is 9.84 Å². The molecule has 0 radical (unpaired) electrons. The molecule has 2 aliphatic rings. The van der Waals surface area contributed by atoms with Gasteiger partial charge in [-0.15, -0.1) is 0 Å². The van der Waals surface area contributed by atoms with E-state index in [9.17, 15) is 4.79 Å². The SMILES string of the molecule is C[Si](C)(C)CCOCn1nc(/C=C/c2ccncc2)c2ccc(/C=C3/C(=O)NC4=CC=C(Br)CC43)cc21. The van der Waals surface area contributed by atoms with Gasteiger partial charge in [-0.2, -0.15) is 5.10 Å². The number of amides is 1. The molecule has 190 valence electrons. The fourth-order valence-corrected chi connectivity index (χ4v) is 5.70. The Morgan fingerprint density at radius 2 is 1.95 bits per heavy atom. The highest BCUT2D eigenvalue weighted by molar-refractivity contribution is 9.11. The van der Waals surface area contributed by atoms with E-state index in [1.807, 2.05) is 47.2 Å². The lowest BCUT2D eigenvalue weighted by Gasteiger charge is -2.15. The van der Waals surface area contributed by atoms with Crippen LogP contribution in [0.3, 0.4) is 0 Å². The molecular formula is C29H31BrN4O2Si. The number of hydrogen-bond acceptors (Lipinski definition) is 4. The van der Waals surface area contributed by atoms with Gasteiger partial charge in [0, 0.05) is 49.6 Å². The van der Waals surface area contributed by atoms with Crippen molar-refractivity contribution < 1.29 is 9.53 Å². The molecule has 0 bridgehead atoms. The summed E-state index contributed by atoms with van der Waals surface area (Å²) in [6, 6.07) is 11.3. The zero-order valence-electron chi connectivity index (χ0n) is 21.4. The molecule has 1 N–H and O–H groups in total. The maximum absolute atomic E-state index is 12.8. The Hall–Kier alpha value is -3.07. The Bertz CT molecular complexity index is 1450. The predicted octanol–water partition coefficient (Wildman–Crippen LogP) is 6.61. The van der Waals surface area contributed by atoms with Crippen LogP contribution in [0.1, 0.15) is 23.2 Å². The molecule has 1 atom stereocenters. The highest BCUT2D eigenvalue weighted by atomic mass is 79.9. The third-order valence-electron chi connectivity index (χ3n) is 6.59. The number of nitrogens with one attached hydrogen (secondary N) is 1. The number of carbonyl (C=O) groups excluding carboxylic acids is 1.